The van der Waals surface area contributed by atoms with E-state index in [0.29, 0.717) is 70.1 Å². The van der Waals surface area contributed by atoms with Crippen LogP contribution in [0.4, 0.5) is 4.79 Å². The molecule has 1 unspecified atom stereocenters. The molecule has 62 heavy (non-hydrogen) atoms. The minimum absolute atomic E-state index is 0.105. The van der Waals surface area contributed by atoms with Crippen LogP contribution in [0.5, 0.6) is 0 Å². The summed E-state index contributed by atoms with van der Waals surface area (Å²) in [5.41, 5.74) is 9.37. The number of pyridine rings is 1. The van der Waals surface area contributed by atoms with Crippen molar-refractivity contribution in [3.05, 3.63) is 58.2 Å². The van der Waals surface area contributed by atoms with Gasteiger partial charge in [0.2, 0.25) is 5.91 Å². The Hall–Kier alpha value is -4.90. The van der Waals surface area contributed by atoms with Crippen molar-refractivity contribution in [2.24, 2.45) is 11.3 Å². The van der Waals surface area contributed by atoms with E-state index in [-0.39, 0.29) is 31.1 Å². The number of nitrogens with one attached hydrogen (secondary N) is 2. The molecule has 0 spiro atoms. The number of amides is 4. The van der Waals surface area contributed by atoms with Crippen molar-refractivity contribution in [1.82, 2.24) is 40.1 Å². The smallest absolute Gasteiger partial charge is 0.324 e. The number of rotatable bonds is 8. The molecule has 1 aromatic carbocycles. The molecular weight excluding hydrogens is 809 g/mol. The van der Waals surface area contributed by atoms with E-state index in [1.165, 1.54) is 21.2 Å². The number of nitrogens with zero attached hydrogens (tertiary/aromatic N) is 6. The molecule has 3 aliphatic heterocycles. The molecule has 6 bridgehead atoms. The van der Waals surface area contributed by atoms with Crippen molar-refractivity contribution in [2.75, 3.05) is 53.6 Å². The number of benzene rings is 1. The Balaban J connectivity index is 1.29. The highest BCUT2D eigenvalue weighted by atomic mass is 32.1. The van der Waals surface area contributed by atoms with Gasteiger partial charge < -0.3 is 33.9 Å². The van der Waals surface area contributed by atoms with E-state index < -0.39 is 41.3 Å². The molecule has 3 aromatic heterocycles. The summed E-state index contributed by atoms with van der Waals surface area (Å²) in [5.74, 6) is -1.55. The number of hydrazine groups is 1. The van der Waals surface area contributed by atoms with Gasteiger partial charge >= 0.3 is 12.0 Å². The van der Waals surface area contributed by atoms with E-state index in [0.717, 1.165) is 44.7 Å². The number of cyclic esters (lactones) is 1. The molecule has 2 N–H and O–H groups in total. The van der Waals surface area contributed by atoms with Crippen LogP contribution in [0.2, 0.25) is 0 Å². The fourth-order valence-corrected chi connectivity index (χ4v) is 9.88. The van der Waals surface area contributed by atoms with Gasteiger partial charge in [-0.1, -0.05) is 33.8 Å². The number of fused-ring (bicyclic) bond motifs is 6. The Morgan fingerprint density at radius 2 is 1.92 bits per heavy atom. The molecule has 334 valence electrons. The average molecular weight is 871 g/mol. The maximum atomic E-state index is 14.6. The number of esters is 1. The number of ether oxygens (including phenoxy) is 3. The summed E-state index contributed by atoms with van der Waals surface area (Å²) in [6.45, 7) is 15.3. The summed E-state index contributed by atoms with van der Waals surface area (Å²) in [7, 11) is 3.32. The van der Waals surface area contributed by atoms with Gasteiger partial charge in [-0.2, -0.15) is 0 Å². The maximum Gasteiger partial charge on any atom is 0.324 e. The van der Waals surface area contributed by atoms with Crippen LogP contribution in [0.3, 0.4) is 0 Å². The molecule has 16 heteroatoms. The first-order valence-corrected chi connectivity index (χ1v) is 22.8. The number of hydrogen-bond donors (Lipinski definition) is 2. The zero-order chi connectivity index (χ0) is 44.3. The van der Waals surface area contributed by atoms with E-state index in [1.807, 2.05) is 32.2 Å². The van der Waals surface area contributed by atoms with Crippen molar-refractivity contribution in [3.8, 4) is 22.5 Å². The highest BCUT2D eigenvalue weighted by molar-refractivity contribution is 7.10. The first kappa shape index (κ1) is 45.1. The topological polar surface area (TPSA) is 160 Å². The fourth-order valence-electron chi connectivity index (χ4n) is 9.03. The largest absolute Gasteiger partial charge is 0.464 e. The number of carbonyl (C=O) groups excluding carboxylic acids is 4. The summed E-state index contributed by atoms with van der Waals surface area (Å²) < 4.78 is 19.8. The Labute approximate surface area is 368 Å². The molecule has 3 aliphatic rings. The summed E-state index contributed by atoms with van der Waals surface area (Å²) in [6.07, 6.45) is 4.00. The molecule has 2 saturated heterocycles. The number of hydrogen-bond acceptors (Lipinski definition) is 11. The number of thiazole rings is 1. The lowest BCUT2D eigenvalue weighted by atomic mass is 9.84. The quantitative estimate of drug-likeness (QED) is 0.201. The van der Waals surface area contributed by atoms with E-state index >= 15 is 0 Å². The average Bonchev–Trinajstić information content (AvgIpc) is 3.73. The number of methoxy groups -OCH3 is 1. The monoisotopic (exact) mass is 870 g/mol. The van der Waals surface area contributed by atoms with Crippen molar-refractivity contribution in [2.45, 2.75) is 104 Å². The van der Waals surface area contributed by atoms with Crippen LogP contribution in [0.15, 0.2) is 41.9 Å². The first-order valence-electron chi connectivity index (χ1n) is 21.9. The molecular formula is C46H62N8O7S. The summed E-state index contributed by atoms with van der Waals surface area (Å²) in [6, 6.07) is 7.52. The van der Waals surface area contributed by atoms with Crippen molar-refractivity contribution >= 4 is 46.1 Å². The Kier molecular flexibility index (Phi) is 14.0. The predicted octanol–water partition coefficient (Wildman–Crippen LogP) is 6.00. The lowest BCUT2D eigenvalue weighted by molar-refractivity contribution is -0.155. The van der Waals surface area contributed by atoms with Crippen molar-refractivity contribution in [1.29, 1.82) is 0 Å². The molecule has 0 aliphatic carbocycles. The van der Waals surface area contributed by atoms with Crippen LogP contribution >= 0.6 is 11.3 Å². The van der Waals surface area contributed by atoms with Crippen LogP contribution in [0.1, 0.15) is 83.2 Å². The minimum atomic E-state index is -1.05. The summed E-state index contributed by atoms with van der Waals surface area (Å²) in [4.78, 5) is 69.6. The zero-order valence-corrected chi connectivity index (χ0v) is 38.2. The fraction of sp³-hybridized carbons (Fsp3) is 0.565. The third kappa shape index (κ3) is 9.53. The second-order valence-corrected chi connectivity index (χ2v) is 18.7. The van der Waals surface area contributed by atoms with Crippen molar-refractivity contribution < 1.29 is 33.4 Å². The highest BCUT2D eigenvalue weighted by Crippen LogP contribution is 2.42. The third-order valence-corrected chi connectivity index (χ3v) is 13.1. The molecule has 4 atom stereocenters. The van der Waals surface area contributed by atoms with Gasteiger partial charge in [0.1, 0.15) is 18.1 Å². The number of likely N-dealkylation sites (N-methyl/N-ethyl adjacent to an activating group) is 1. The highest BCUT2D eigenvalue weighted by Gasteiger charge is 2.39. The van der Waals surface area contributed by atoms with Gasteiger partial charge in [-0.05, 0) is 75.3 Å². The molecule has 7 rings (SSSR count). The summed E-state index contributed by atoms with van der Waals surface area (Å²) >= 11 is 1.42. The van der Waals surface area contributed by atoms with E-state index in [9.17, 15) is 19.2 Å². The molecule has 2 fully saturated rings. The second kappa shape index (κ2) is 19.2. The van der Waals surface area contributed by atoms with E-state index in [4.69, 9.17) is 24.2 Å². The number of aryl methyl sites for hydroxylation is 1. The molecule has 4 amide bonds. The normalized spacial score (nSPS) is 20.9. The van der Waals surface area contributed by atoms with Gasteiger partial charge in [0, 0.05) is 92.4 Å². The van der Waals surface area contributed by atoms with E-state index in [1.54, 1.807) is 25.3 Å². The minimum Gasteiger partial charge on any atom is -0.464 e. The molecule has 4 aromatic rings. The third-order valence-electron chi connectivity index (χ3n) is 12.3. The van der Waals surface area contributed by atoms with Gasteiger partial charge in [-0.15, -0.1) is 11.3 Å². The second-order valence-electron chi connectivity index (χ2n) is 17.8. The Bertz CT molecular complexity index is 2260. The van der Waals surface area contributed by atoms with Gasteiger partial charge in [0.15, 0.2) is 0 Å². The lowest BCUT2D eigenvalue weighted by Gasteiger charge is -2.37. The number of aromatic nitrogens is 3. The van der Waals surface area contributed by atoms with Gasteiger partial charge in [0.05, 0.1) is 41.4 Å². The Morgan fingerprint density at radius 1 is 1.11 bits per heavy atom. The summed E-state index contributed by atoms with van der Waals surface area (Å²) in [5, 5.41) is 8.18. The van der Waals surface area contributed by atoms with E-state index in [2.05, 4.69) is 60.3 Å². The SMILES string of the molecule is CCn1c(-c2cccnc2[C@H](C)OC)c2c3cc(ccc31)-c1csc(n1)C[C@H](NC(=O)C(C(C)C)N(C)C(=O)N1CCCOCC1)C(=O)N1CCC[C@H](N1)C(=O)OCC(C)(C)C2. The van der Waals surface area contributed by atoms with Crippen LogP contribution in [0, 0.1) is 11.3 Å². The number of urea groups is 1. The Morgan fingerprint density at radius 3 is 2.68 bits per heavy atom. The molecule has 0 saturated carbocycles. The standard InChI is InChI=1S/C46H62N8O7S/c1-9-53-37-16-15-30-23-32(37)33(41(53)31-13-10-17-47-39(31)29(4)59-8)25-46(5,6)27-61-44(57)34-14-11-19-54(50-34)43(56)35(24-38-48-36(30)26-62-38)49-42(55)40(28(2)3)51(7)45(58)52-18-12-21-60-22-20-52/h10,13,15-17,23,26,28-29,34-35,40,50H,9,11-12,14,18-22,24-25,27H2,1-8H3,(H,49,55)/t29-,34-,35-,40?/m0/s1. The van der Waals surface area contributed by atoms with Crippen LogP contribution in [0.25, 0.3) is 33.4 Å². The van der Waals surface area contributed by atoms with Crippen molar-refractivity contribution in [3.63, 3.8) is 0 Å². The molecule has 6 heterocycles. The zero-order valence-electron chi connectivity index (χ0n) is 37.4. The lowest BCUT2D eigenvalue weighted by Crippen LogP contribution is -2.62. The predicted molar refractivity (Wildman–Crippen MR) is 238 cm³/mol. The van der Waals surface area contributed by atoms with Gasteiger partial charge in [-0.25, -0.2) is 15.2 Å². The first-order chi connectivity index (χ1) is 29.7. The van der Waals surface area contributed by atoms with Gasteiger partial charge in [0.25, 0.3) is 5.91 Å². The molecule has 0 radical (unpaired) electrons. The van der Waals surface area contributed by atoms with Gasteiger partial charge in [-0.3, -0.25) is 24.4 Å². The molecule has 15 nitrogen and oxygen atoms in total. The van der Waals surface area contributed by atoms with Crippen LogP contribution in [-0.4, -0.2) is 125 Å². The van der Waals surface area contributed by atoms with Crippen LogP contribution in [-0.2, 0) is 48.0 Å². The van der Waals surface area contributed by atoms with Crippen LogP contribution < -0.4 is 10.7 Å². The maximum absolute atomic E-state index is 14.6. The number of carbonyl (C=O) groups is 4.